The average Bonchev–Trinajstić information content (AvgIpc) is 2.61. The van der Waals surface area contributed by atoms with Crippen molar-refractivity contribution in [2.75, 3.05) is 18.5 Å². The molecule has 1 N–H and O–H groups in total. The number of sulfonamides is 1. The van der Waals surface area contributed by atoms with Gasteiger partial charge < -0.3 is 4.90 Å². The van der Waals surface area contributed by atoms with Crippen LogP contribution in [0.1, 0.15) is 30.6 Å². The Hall–Kier alpha value is -2.18. The summed E-state index contributed by atoms with van der Waals surface area (Å²) in [6.07, 6.45) is 0.775. The van der Waals surface area contributed by atoms with Gasteiger partial charge in [0.1, 0.15) is 0 Å². The van der Waals surface area contributed by atoms with Gasteiger partial charge in [0.2, 0.25) is 10.0 Å². The molecule has 0 saturated heterocycles. The standard InChI is InChI=1S/C19H24N2O3S/c1-15(2)13-14-20-25(23,24)18-11-9-16(10-12-18)19(22)21(3)17-7-5-4-6-8-17/h4-12,15,20H,13-14H2,1-3H3. The van der Waals surface area contributed by atoms with Crippen LogP contribution >= 0.6 is 0 Å². The van der Waals surface area contributed by atoms with Crippen LogP contribution in [0.4, 0.5) is 5.69 Å². The van der Waals surface area contributed by atoms with Crippen molar-refractivity contribution >= 4 is 21.6 Å². The summed E-state index contributed by atoms with van der Waals surface area (Å²) in [5, 5.41) is 0. The molecule has 0 aliphatic rings. The molecule has 2 aromatic rings. The molecular formula is C19H24N2O3S. The minimum absolute atomic E-state index is 0.162. The van der Waals surface area contributed by atoms with Gasteiger partial charge in [0.05, 0.1) is 4.90 Å². The van der Waals surface area contributed by atoms with Crippen LogP contribution < -0.4 is 9.62 Å². The zero-order valence-corrected chi connectivity index (χ0v) is 15.6. The number of amides is 1. The molecule has 25 heavy (non-hydrogen) atoms. The fourth-order valence-electron chi connectivity index (χ4n) is 2.30. The van der Waals surface area contributed by atoms with Gasteiger partial charge in [-0.05, 0) is 48.7 Å². The van der Waals surface area contributed by atoms with Gasteiger partial charge in [0.15, 0.2) is 0 Å². The number of rotatable bonds is 7. The number of anilines is 1. The summed E-state index contributed by atoms with van der Waals surface area (Å²) in [6, 6.07) is 15.3. The fraction of sp³-hybridized carbons (Fsp3) is 0.316. The van der Waals surface area contributed by atoms with Crippen LogP contribution in [0, 0.1) is 5.92 Å². The zero-order chi connectivity index (χ0) is 18.4. The van der Waals surface area contributed by atoms with Gasteiger partial charge in [-0.25, -0.2) is 13.1 Å². The Morgan fingerprint density at radius 2 is 1.64 bits per heavy atom. The lowest BCUT2D eigenvalue weighted by Crippen LogP contribution is -2.27. The lowest BCUT2D eigenvalue weighted by atomic mass is 10.1. The van der Waals surface area contributed by atoms with Crippen molar-refractivity contribution in [3.63, 3.8) is 0 Å². The molecule has 0 aliphatic carbocycles. The van der Waals surface area contributed by atoms with Crippen LogP contribution in [-0.2, 0) is 10.0 Å². The smallest absolute Gasteiger partial charge is 0.258 e. The molecule has 5 nitrogen and oxygen atoms in total. The van der Waals surface area contributed by atoms with Gasteiger partial charge in [0, 0.05) is 24.8 Å². The molecule has 0 unspecified atom stereocenters. The van der Waals surface area contributed by atoms with E-state index < -0.39 is 10.0 Å². The van der Waals surface area contributed by atoms with Crippen molar-refractivity contribution in [2.24, 2.45) is 5.92 Å². The monoisotopic (exact) mass is 360 g/mol. The molecule has 0 aromatic heterocycles. The third-order valence-corrected chi connectivity index (χ3v) is 5.35. The highest BCUT2D eigenvalue weighted by molar-refractivity contribution is 7.89. The van der Waals surface area contributed by atoms with Gasteiger partial charge >= 0.3 is 0 Å². The molecule has 0 aliphatic heterocycles. The Bertz CT molecular complexity index is 800. The van der Waals surface area contributed by atoms with E-state index in [0.29, 0.717) is 18.0 Å². The first-order chi connectivity index (χ1) is 11.8. The van der Waals surface area contributed by atoms with Gasteiger partial charge in [-0.3, -0.25) is 4.79 Å². The molecule has 0 fully saturated rings. The van der Waals surface area contributed by atoms with E-state index in [2.05, 4.69) is 4.72 Å². The summed E-state index contributed by atoms with van der Waals surface area (Å²) in [4.78, 5) is 14.2. The largest absolute Gasteiger partial charge is 0.311 e. The molecule has 0 spiro atoms. The SMILES string of the molecule is CC(C)CCNS(=O)(=O)c1ccc(C(=O)N(C)c2ccccc2)cc1. The Morgan fingerprint density at radius 1 is 1.04 bits per heavy atom. The van der Waals surface area contributed by atoms with Crippen LogP contribution in [0.5, 0.6) is 0 Å². The van der Waals surface area contributed by atoms with Crippen molar-refractivity contribution in [1.82, 2.24) is 4.72 Å². The van der Waals surface area contributed by atoms with Crippen LogP contribution in [0.25, 0.3) is 0 Å². The maximum Gasteiger partial charge on any atom is 0.258 e. The molecule has 2 aromatic carbocycles. The summed E-state index contributed by atoms with van der Waals surface area (Å²) < 4.78 is 27.1. The second-order valence-electron chi connectivity index (χ2n) is 6.30. The lowest BCUT2D eigenvalue weighted by molar-refractivity contribution is 0.0993. The lowest BCUT2D eigenvalue weighted by Gasteiger charge is -2.17. The quantitative estimate of drug-likeness (QED) is 0.824. The number of para-hydroxylation sites is 1. The first-order valence-corrected chi connectivity index (χ1v) is 9.72. The third kappa shape index (κ3) is 5.14. The zero-order valence-electron chi connectivity index (χ0n) is 14.8. The molecule has 0 saturated carbocycles. The molecular weight excluding hydrogens is 336 g/mol. The maximum atomic E-state index is 12.5. The van der Waals surface area contributed by atoms with Crippen LogP contribution in [-0.4, -0.2) is 27.9 Å². The Balaban J connectivity index is 2.10. The van der Waals surface area contributed by atoms with Crippen molar-refractivity contribution in [1.29, 1.82) is 0 Å². The average molecular weight is 360 g/mol. The number of carbonyl (C=O) groups is 1. The molecule has 0 atom stereocenters. The summed E-state index contributed by atoms with van der Waals surface area (Å²) in [7, 11) is -1.86. The van der Waals surface area contributed by atoms with E-state index in [-0.39, 0.29) is 10.8 Å². The van der Waals surface area contributed by atoms with Gasteiger partial charge in [-0.2, -0.15) is 0 Å². The number of benzene rings is 2. The summed E-state index contributed by atoms with van der Waals surface area (Å²) in [6.45, 7) is 4.48. The van der Waals surface area contributed by atoms with E-state index >= 15 is 0 Å². The number of hydrogen-bond acceptors (Lipinski definition) is 3. The topological polar surface area (TPSA) is 66.5 Å². The van der Waals surface area contributed by atoms with E-state index in [9.17, 15) is 13.2 Å². The van der Waals surface area contributed by atoms with Gasteiger partial charge in [-0.1, -0.05) is 32.0 Å². The van der Waals surface area contributed by atoms with E-state index in [1.807, 2.05) is 44.2 Å². The molecule has 6 heteroatoms. The molecule has 0 radical (unpaired) electrons. The van der Waals surface area contributed by atoms with Gasteiger partial charge in [0.25, 0.3) is 5.91 Å². The first-order valence-electron chi connectivity index (χ1n) is 8.24. The first kappa shape index (κ1) is 19.1. The predicted molar refractivity (Wildman–Crippen MR) is 100 cm³/mol. The van der Waals surface area contributed by atoms with Crippen molar-refractivity contribution < 1.29 is 13.2 Å². The van der Waals surface area contributed by atoms with E-state index in [0.717, 1.165) is 12.1 Å². The Kier molecular flexibility index (Phi) is 6.33. The van der Waals surface area contributed by atoms with E-state index in [1.165, 1.54) is 17.0 Å². The molecule has 0 heterocycles. The molecule has 134 valence electrons. The highest BCUT2D eigenvalue weighted by atomic mass is 32.2. The van der Waals surface area contributed by atoms with Crippen molar-refractivity contribution in [3.05, 3.63) is 60.2 Å². The number of nitrogens with one attached hydrogen (secondary N) is 1. The minimum Gasteiger partial charge on any atom is -0.311 e. The second-order valence-corrected chi connectivity index (χ2v) is 8.07. The van der Waals surface area contributed by atoms with E-state index in [1.54, 1.807) is 19.2 Å². The summed E-state index contributed by atoms with van der Waals surface area (Å²) in [5.41, 5.74) is 1.21. The van der Waals surface area contributed by atoms with Crippen LogP contribution in [0.15, 0.2) is 59.5 Å². The Labute approximate surface area is 149 Å². The number of carbonyl (C=O) groups excluding carboxylic acids is 1. The minimum atomic E-state index is -3.55. The molecule has 0 bridgehead atoms. The van der Waals surface area contributed by atoms with Crippen LogP contribution in [0.2, 0.25) is 0 Å². The number of hydrogen-bond donors (Lipinski definition) is 1. The van der Waals surface area contributed by atoms with Gasteiger partial charge in [-0.15, -0.1) is 0 Å². The fourth-order valence-corrected chi connectivity index (χ4v) is 3.35. The summed E-state index contributed by atoms with van der Waals surface area (Å²) >= 11 is 0. The van der Waals surface area contributed by atoms with Crippen molar-refractivity contribution in [2.45, 2.75) is 25.2 Å². The van der Waals surface area contributed by atoms with E-state index in [4.69, 9.17) is 0 Å². The van der Waals surface area contributed by atoms with Crippen molar-refractivity contribution in [3.8, 4) is 0 Å². The highest BCUT2D eigenvalue weighted by Gasteiger charge is 2.17. The normalized spacial score (nSPS) is 11.5. The highest BCUT2D eigenvalue weighted by Crippen LogP contribution is 2.17. The molecule has 2 rings (SSSR count). The maximum absolute atomic E-state index is 12.5. The second kappa shape index (κ2) is 8.27. The molecule has 1 amide bonds. The Morgan fingerprint density at radius 3 is 2.20 bits per heavy atom. The predicted octanol–water partition coefficient (Wildman–Crippen LogP) is 3.29. The van der Waals surface area contributed by atoms with Crippen LogP contribution in [0.3, 0.4) is 0 Å². The number of nitrogens with zero attached hydrogens (tertiary/aromatic N) is 1. The summed E-state index contributed by atoms with van der Waals surface area (Å²) in [5.74, 6) is 0.235. The third-order valence-electron chi connectivity index (χ3n) is 3.87.